The van der Waals surface area contributed by atoms with Crippen LogP contribution in [0.15, 0.2) is 18.3 Å². The van der Waals surface area contributed by atoms with E-state index in [9.17, 15) is 9.90 Å². The summed E-state index contributed by atoms with van der Waals surface area (Å²) in [6.45, 7) is 2.09. The molecule has 5 nitrogen and oxygen atoms in total. The molecule has 0 bridgehead atoms. The summed E-state index contributed by atoms with van der Waals surface area (Å²) in [5.41, 5.74) is 1.30. The number of rotatable bonds is 6. The number of pyridine rings is 1. The maximum atomic E-state index is 10.6. The fourth-order valence-electron chi connectivity index (χ4n) is 1.15. The van der Waals surface area contributed by atoms with Gasteiger partial charge in [0, 0.05) is 18.1 Å². The van der Waals surface area contributed by atoms with E-state index in [1.54, 1.807) is 19.1 Å². The third-order valence-corrected chi connectivity index (χ3v) is 2.19. The molecule has 0 amide bonds. The molecular formula is C11H14NO4-. The highest BCUT2D eigenvalue weighted by molar-refractivity contribution is 5.73. The first-order chi connectivity index (χ1) is 7.65. The first-order valence-corrected chi connectivity index (χ1v) is 4.99. The van der Waals surface area contributed by atoms with Crippen LogP contribution in [-0.2, 0) is 16.1 Å². The lowest BCUT2D eigenvalue weighted by Gasteiger charge is -2.12. The van der Waals surface area contributed by atoms with Gasteiger partial charge in [-0.25, -0.2) is 0 Å². The number of aliphatic hydroxyl groups is 1. The molecular weight excluding hydrogens is 210 g/mol. The highest BCUT2D eigenvalue weighted by Gasteiger charge is 2.06. The summed E-state index contributed by atoms with van der Waals surface area (Å²) in [5.74, 6) is -1.79. The topological polar surface area (TPSA) is 82.5 Å². The molecule has 1 atom stereocenters. The number of carboxylic acids is 1. The number of nitrogens with zero attached hydrogens (tertiary/aromatic N) is 1. The van der Waals surface area contributed by atoms with Crippen LogP contribution in [0.2, 0.25) is 0 Å². The van der Waals surface area contributed by atoms with E-state index in [-0.39, 0.29) is 13.2 Å². The van der Waals surface area contributed by atoms with Crippen molar-refractivity contribution in [2.75, 3.05) is 13.2 Å². The monoisotopic (exact) mass is 224 g/mol. The summed E-state index contributed by atoms with van der Waals surface area (Å²) < 4.78 is 5.08. The third kappa shape index (κ3) is 3.60. The number of hydrogen-bond donors (Lipinski definition) is 1. The molecule has 0 fully saturated rings. The molecule has 0 aliphatic rings. The van der Waals surface area contributed by atoms with E-state index in [4.69, 9.17) is 9.84 Å². The first kappa shape index (κ1) is 12.6. The number of hydrogen-bond acceptors (Lipinski definition) is 5. The smallest absolute Gasteiger partial charge is 0.0889 e. The lowest BCUT2D eigenvalue weighted by atomic mass is 10.0. The van der Waals surface area contributed by atoms with Gasteiger partial charge in [0.05, 0.1) is 25.5 Å². The molecule has 0 spiro atoms. The van der Waals surface area contributed by atoms with Crippen LogP contribution in [0.3, 0.4) is 0 Å². The molecule has 0 radical (unpaired) electrons. The van der Waals surface area contributed by atoms with Crippen LogP contribution in [0.4, 0.5) is 0 Å². The van der Waals surface area contributed by atoms with Gasteiger partial charge in [-0.1, -0.05) is 13.0 Å². The zero-order valence-electron chi connectivity index (χ0n) is 9.05. The van der Waals surface area contributed by atoms with Crippen LogP contribution in [0.1, 0.15) is 24.1 Å². The standard InChI is InChI=1S/C11H15NO4/c1-8(11(14)15)9-2-3-10(12-6-9)7-16-5-4-13/h2-3,6,8,13H,4-5,7H2,1H3,(H,14,15)/p-1. The number of carboxylic acid groups (broad SMARTS) is 1. The average molecular weight is 224 g/mol. The normalized spacial score (nSPS) is 12.4. The first-order valence-electron chi connectivity index (χ1n) is 4.99. The van der Waals surface area contributed by atoms with Crippen molar-refractivity contribution in [1.82, 2.24) is 4.98 Å². The predicted octanol–water partition coefficient (Wildman–Crippen LogP) is -0.556. The largest absolute Gasteiger partial charge is 0.550 e. The molecule has 0 saturated carbocycles. The van der Waals surface area contributed by atoms with E-state index in [1.165, 1.54) is 6.20 Å². The van der Waals surface area contributed by atoms with E-state index in [0.29, 0.717) is 17.9 Å². The van der Waals surface area contributed by atoms with Crippen molar-refractivity contribution >= 4 is 5.97 Å². The van der Waals surface area contributed by atoms with Crippen LogP contribution in [0.5, 0.6) is 0 Å². The SMILES string of the molecule is CC(C(=O)[O-])c1ccc(COCCO)nc1. The Labute approximate surface area is 93.7 Å². The van der Waals surface area contributed by atoms with Gasteiger partial charge in [0.25, 0.3) is 0 Å². The summed E-state index contributed by atoms with van der Waals surface area (Å²) in [6.07, 6.45) is 1.50. The van der Waals surface area contributed by atoms with E-state index in [1.807, 2.05) is 0 Å². The zero-order chi connectivity index (χ0) is 12.0. The van der Waals surface area contributed by atoms with Gasteiger partial charge in [-0.15, -0.1) is 0 Å². The number of aliphatic hydroxyl groups excluding tert-OH is 1. The van der Waals surface area contributed by atoms with Crippen LogP contribution in [0, 0.1) is 0 Å². The molecule has 88 valence electrons. The molecule has 1 N–H and O–H groups in total. The number of ether oxygens (including phenoxy) is 1. The molecule has 5 heteroatoms. The Morgan fingerprint density at radius 3 is 2.88 bits per heavy atom. The van der Waals surface area contributed by atoms with Gasteiger partial charge in [-0.2, -0.15) is 0 Å². The van der Waals surface area contributed by atoms with Crippen LogP contribution in [-0.4, -0.2) is 29.3 Å². The number of carbonyl (C=O) groups is 1. The highest BCUT2D eigenvalue weighted by atomic mass is 16.5. The number of carbonyl (C=O) groups excluding carboxylic acids is 1. The minimum atomic E-state index is -1.12. The molecule has 1 aromatic rings. The summed E-state index contributed by atoms with van der Waals surface area (Å²) in [5, 5.41) is 19.1. The number of aliphatic carboxylic acids is 1. The maximum Gasteiger partial charge on any atom is 0.0889 e. The summed E-state index contributed by atoms with van der Waals surface area (Å²) in [6, 6.07) is 3.39. The minimum Gasteiger partial charge on any atom is -0.550 e. The van der Waals surface area contributed by atoms with E-state index < -0.39 is 11.9 Å². The maximum absolute atomic E-state index is 10.6. The second-order valence-electron chi connectivity index (χ2n) is 3.40. The van der Waals surface area contributed by atoms with Crippen LogP contribution in [0.25, 0.3) is 0 Å². The van der Waals surface area contributed by atoms with E-state index in [2.05, 4.69) is 4.98 Å². The molecule has 16 heavy (non-hydrogen) atoms. The van der Waals surface area contributed by atoms with Gasteiger partial charge < -0.3 is 19.7 Å². The highest BCUT2D eigenvalue weighted by Crippen LogP contribution is 2.13. The Kier molecular flexibility index (Phi) is 4.88. The molecule has 0 aliphatic carbocycles. The summed E-state index contributed by atoms with van der Waals surface area (Å²) >= 11 is 0. The molecule has 1 heterocycles. The average Bonchev–Trinajstić information content (AvgIpc) is 2.29. The van der Waals surface area contributed by atoms with Gasteiger partial charge >= 0.3 is 0 Å². The molecule has 1 rings (SSSR count). The van der Waals surface area contributed by atoms with Gasteiger partial charge in [0.1, 0.15) is 0 Å². The summed E-state index contributed by atoms with van der Waals surface area (Å²) in [4.78, 5) is 14.7. The second kappa shape index (κ2) is 6.19. The van der Waals surface area contributed by atoms with Gasteiger partial charge in [-0.05, 0) is 11.6 Å². The molecule has 1 unspecified atom stereocenters. The number of aromatic nitrogens is 1. The molecule has 0 aliphatic heterocycles. The van der Waals surface area contributed by atoms with Gasteiger partial charge in [0.15, 0.2) is 0 Å². The lowest BCUT2D eigenvalue weighted by Crippen LogP contribution is -2.28. The quantitative estimate of drug-likeness (QED) is 0.655. The van der Waals surface area contributed by atoms with Gasteiger partial charge in [0.2, 0.25) is 0 Å². The molecule has 0 aromatic carbocycles. The second-order valence-corrected chi connectivity index (χ2v) is 3.40. The van der Waals surface area contributed by atoms with Crippen molar-refractivity contribution in [2.45, 2.75) is 19.4 Å². The lowest BCUT2D eigenvalue weighted by molar-refractivity contribution is -0.307. The fraction of sp³-hybridized carbons (Fsp3) is 0.455. The molecule has 1 aromatic heterocycles. The van der Waals surface area contributed by atoms with Crippen molar-refractivity contribution in [3.8, 4) is 0 Å². The fourth-order valence-corrected chi connectivity index (χ4v) is 1.15. The molecule has 0 saturated heterocycles. The van der Waals surface area contributed by atoms with E-state index >= 15 is 0 Å². The van der Waals surface area contributed by atoms with Crippen molar-refractivity contribution in [3.05, 3.63) is 29.6 Å². The van der Waals surface area contributed by atoms with Gasteiger partial charge in [-0.3, -0.25) is 4.98 Å². The van der Waals surface area contributed by atoms with Crippen LogP contribution >= 0.6 is 0 Å². The Hall–Kier alpha value is -1.46. The Morgan fingerprint density at radius 1 is 1.62 bits per heavy atom. The van der Waals surface area contributed by atoms with Crippen molar-refractivity contribution in [2.24, 2.45) is 0 Å². The minimum absolute atomic E-state index is 0.0280. The zero-order valence-corrected chi connectivity index (χ0v) is 9.05. The van der Waals surface area contributed by atoms with Crippen molar-refractivity contribution in [3.63, 3.8) is 0 Å². The predicted molar refractivity (Wildman–Crippen MR) is 54.4 cm³/mol. The van der Waals surface area contributed by atoms with Crippen molar-refractivity contribution in [1.29, 1.82) is 0 Å². The van der Waals surface area contributed by atoms with E-state index in [0.717, 1.165) is 0 Å². The summed E-state index contributed by atoms with van der Waals surface area (Å²) in [7, 11) is 0. The Morgan fingerprint density at radius 2 is 2.38 bits per heavy atom. The van der Waals surface area contributed by atoms with Crippen molar-refractivity contribution < 1.29 is 19.7 Å². The third-order valence-electron chi connectivity index (χ3n) is 2.19. The van der Waals surface area contributed by atoms with Crippen LogP contribution < -0.4 is 5.11 Å². The Bertz CT molecular complexity index is 336. The Balaban J connectivity index is 2.57.